The van der Waals surface area contributed by atoms with E-state index in [9.17, 15) is 8.78 Å². The normalized spacial score (nSPS) is 13.3. The molecule has 0 saturated heterocycles. The van der Waals surface area contributed by atoms with Gasteiger partial charge >= 0.3 is 0 Å². The predicted molar refractivity (Wildman–Crippen MR) is 66.2 cm³/mol. The summed E-state index contributed by atoms with van der Waals surface area (Å²) in [6, 6.07) is 9.37. The van der Waals surface area contributed by atoms with Crippen LogP contribution in [-0.4, -0.2) is 37.5 Å². The van der Waals surface area contributed by atoms with Crippen LogP contribution >= 0.6 is 0 Å². The minimum absolute atomic E-state index is 0.578. The fourth-order valence-electron chi connectivity index (χ4n) is 1.55. The van der Waals surface area contributed by atoms with E-state index in [2.05, 4.69) is 22.3 Å². The number of nitrogens with one attached hydrogen (secondary N) is 1. The zero-order chi connectivity index (χ0) is 12.7. The van der Waals surface area contributed by atoms with Crippen LogP contribution in [0, 0.1) is 0 Å². The first-order valence-electron chi connectivity index (χ1n) is 5.83. The second-order valence-corrected chi connectivity index (χ2v) is 4.30. The molecule has 96 valence electrons. The van der Waals surface area contributed by atoms with Gasteiger partial charge in [0.25, 0.3) is 6.43 Å². The van der Waals surface area contributed by atoms with Gasteiger partial charge in [-0.05, 0) is 19.5 Å². The van der Waals surface area contributed by atoms with Gasteiger partial charge in [-0.15, -0.1) is 0 Å². The quantitative estimate of drug-likeness (QED) is 0.789. The van der Waals surface area contributed by atoms with Crippen molar-refractivity contribution in [1.29, 1.82) is 0 Å². The van der Waals surface area contributed by atoms with Crippen molar-refractivity contribution in [3.63, 3.8) is 0 Å². The fourth-order valence-corrected chi connectivity index (χ4v) is 1.55. The van der Waals surface area contributed by atoms with Crippen LogP contribution in [0.4, 0.5) is 8.78 Å². The van der Waals surface area contributed by atoms with Gasteiger partial charge in [0.1, 0.15) is 0 Å². The largest absolute Gasteiger partial charge is 0.308 e. The number of hydrogen-bond acceptors (Lipinski definition) is 2. The van der Waals surface area contributed by atoms with E-state index in [1.165, 1.54) is 12.5 Å². The molecule has 0 spiro atoms. The van der Waals surface area contributed by atoms with Crippen molar-refractivity contribution in [3.05, 3.63) is 35.9 Å². The number of halogens is 2. The summed E-state index contributed by atoms with van der Waals surface area (Å²) in [5.74, 6) is 0. The summed E-state index contributed by atoms with van der Waals surface area (Å²) < 4.78 is 24.4. The Morgan fingerprint density at radius 3 is 2.47 bits per heavy atom. The molecule has 0 amide bonds. The van der Waals surface area contributed by atoms with Crippen LogP contribution in [0.3, 0.4) is 0 Å². The monoisotopic (exact) mass is 242 g/mol. The molecule has 1 atom stereocenters. The molecule has 4 heteroatoms. The highest BCUT2D eigenvalue weighted by Crippen LogP contribution is 2.02. The molecule has 1 N–H and O–H groups in total. The summed E-state index contributed by atoms with van der Waals surface area (Å²) >= 11 is 0. The third-order valence-electron chi connectivity index (χ3n) is 2.63. The van der Waals surface area contributed by atoms with Crippen molar-refractivity contribution in [3.8, 4) is 0 Å². The Balaban J connectivity index is 2.20. The molecule has 1 unspecified atom stereocenters. The zero-order valence-corrected chi connectivity index (χ0v) is 10.4. The Labute approximate surface area is 102 Å². The molecule has 1 rings (SSSR count). The highest BCUT2D eigenvalue weighted by atomic mass is 19.3. The van der Waals surface area contributed by atoms with Crippen LogP contribution in [0.2, 0.25) is 0 Å². The lowest BCUT2D eigenvalue weighted by Gasteiger charge is -2.19. The highest BCUT2D eigenvalue weighted by molar-refractivity contribution is 5.14. The molecule has 0 aliphatic heterocycles. The Morgan fingerprint density at radius 1 is 1.24 bits per heavy atom. The molecule has 17 heavy (non-hydrogen) atoms. The minimum Gasteiger partial charge on any atom is -0.308 e. The summed E-state index contributed by atoms with van der Waals surface area (Å²) in [5.41, 5.74) is 1.23. The number of likely N-dealkylation sites (N-methyl/N-ethyl adjacent to an activating group) is 1. The van der Waals surface area contributed by atoms with Crippen LogP contribution in [0.5, 0.6) is 0 Å². The second kappa shape index (κ2) is 7.35. The van der Waals surface area contributed by atoms with E-state index in [1.54, 1.807) is 0 Å². The molecule has 0 aromatic heterocycles. The van der Waals surface area contributed by atoms with E-state index >= 15 is 0 Å². The van der Waals surface area contributed by atoms with E-state index in [1.807, 2.05) is 25.2 Å². The van der Waals surface area contributed by atoms with E-state index in [-0.39, 0.29) is 0 Å². The van der Waals surface area contributed by atoms with Crippen molar-refractivity contribution in [1.82, 2.24) is 10.2 Å². The summed E-state index contributed by atoms with van der Waals surface area (Å²) in [5, 5.41) is 2.81. The van der Waals surface area contributed by atoms with Gasteiger partial charge in [-0.2, -0.15) is 0 Å². The summed E-state index contributed by atoms with van der Waals surface area (Å²) in [6.07, 6.45) is -2.30. The smallest absolute Gasteiger partial charge is 0.253 e. The van der Waals surface area contributed by atoms with Gasteiger partial charge in [0.15, 0.2) is 0 Å². The average Bonchev–Trinajstić information content (AvgIpc) is 2.30. The number of nitrogens with zero attached hydrogens (tertiary/aromatic N) is 1. The molecule has 0 fully saturated rings. The second-order valence-electron chi connectivity index (χ2n) is 4.30. The Kier molecular flexibility index (Phi) is 6.08. The van der Waals surface area contributed by atoms with Gasteiger partial charge in [0, 0.05) is 19.6 Å². The summed E-state index contributed by atoms with van der Waals surface area (Å²) in [6.45, 7) is 3.67. The van der Waals surface area contributed by atoms with Crippen LogP contribution in [0.1, 0.15) is 12.5 Å². The lowest BCUT2D eigenvalue weighted by Crippen LogP contribution is -2.37. The average molecular weight is 242 g/mol. The summed E-state index contributed by atoms with van der Waals surface area (Å²) in [7, 11) is 1.99. The lowest BCUT2D eigenvalue weighted by molar-refractivity contribution is 0.105. The first-order chi connectivity index (χ1) is 8.09. The van der Waals surface area contributed by atoms with Crippen molar-refractivity contribution in [2.45, 2.75) is 25.9 Å². The molecule has 1 aromatic carbocycles. The minimum atomic E-state index is -2.30. The van der Waals surface area contributed by atoms with Gasteiger partial charge in [-0.3, -0.25) is 0 Å². The molecular weight excluding hydrogens is 222 g/mol. The molecule has 0 radical (unpaired) electrons. The Bertz CT molecular complexity index is 304. The highest BCUT2D eigenvalue weighted by Gasteiger charge is 2.12. The van der Waals surface area contributed by atoms with E-state index in [0.29, 0.717) is 6.54 Å². The maximum Gasteiger partial charge on any atom is 0.253 e. The third-order valence-corrected chi connectivity index (χ3v) is 2.63. The molecule has 0 aliphatic rings. The van der Waals surface area contributed by atoms with Gasteiger partial charge in [-0.1, -0.05) is 30.3 Å². The first-order valence-corrected chi connectivity index (χ1v) is 5.83. The first kappa shape index (κ1) is 14.1. The molecule has 1 aromatic rings. The van der Waals surface area contributed by atoms with Crippen molar-refractivity contribution < 1.29 is 8.78 Å². The van der Waals surface area contributed by atoms with E-state index in [0.717, 1.165) is 13.1 Å². The van der Waals surface area contributed by atoms with Crippen LogP contribution in [-0.2, 0) is 6.54 Å². The van der Waals surface area contributed by atoms with Crippen LogP contribution < -0.4 is 5.32 Å². The predicted octanol–water partition coefficient (Wildman–Crippen LogP) is 2.36. The van der Waals surface area contributed by atoms with Gasteiger partial charge < -0.3 is 10.2 Å². The van der Waals surface area contributed by atoms with Crippen LogP contribution in [0.15, 0.2) is 30.3 Å². The van der Waals surface area contributed by atoms with Gasteiger partial charge in [0.2, 0.25) is 0 Å². The molecule has 0 heterocycles. The molecular formula is C13H20F2N2. The third kappa shape index (κ3) is 5.75. The number of alkyl halides is 2. The fraction of sp³-hybridized carbons (Fsp3) is 0.538. The maximum absolute atomic E-state index is 12.2. The SMILES string of the molecule is CC(NCCN(C)Cc1ccccc1)C(F)F. The van der Waals surface area contributed by atoms with Crippen molar-refractivity contribution >= 4 is 0 Å². The standard InChI is InChI=1S/C13H20F2N2/c1-11(13(14)15)16-8-9-17(2)10-12-6-4-3-5-7-12/h3-7,11,13,16H,8-10H2,1-2H3. The maximum atomic E-state index is 12.2. The zero-order valence-electron chi connectivity index (χ0n) is 10.4. The topological polar surface area (TPSA) is 15.3 Å². The number of hydrogen-bond donors (Lipinski definition) is 1. The Hall–Kier alpha value is -1.00. The van der Waals surface area contributed by atoms with E-state index < -0.39 is 12.5 Å². The van der Waals surface area contributed by atoms with E-state index in [4.69, 9.17) is 0 Å². The Morgan fingerprint density at radius 2 is 1.88 bits per heavy atom. The van der Waals surface area contributed by atoms with Crippen molar-refractivity contribution in [2.24, 2.45) is 0 Å². The van der Waals surface area contributed by atoms with Gasteiger partial charge in [-0.25, -0.2) is 8.78 Å². The van der Waals surface area contributed by atoms with Gasteiger partial charge in [0.05, 0.1) is 6.04 Å². The molecule has 0 bridgehead atoms. The van der Waals surface area contributed by atoms with Crippen molar-refractivity contribution in [2.75, 3.05) is 20.1 Å². The van der Waals surface area contributed by atoms with Crippen LogP contribution in [0.25, 0.3) is 0 Å². The molecule has 0 saturated carbocycles. The molecule has 2 nitrogen and oxygen atoms in total. The number of benzene rings is 1. The number of rotatable bonds is 7. The lowest BCUT2D eigenvalue weighted by atomic mass is 10.2. The summed E-state index contributed by atoms with van der Waals surface area (Å²) in [4.78, 5) is 2.11. The molecule has 0 aliphatic carbocycles.